The Morgan fingerprint density at radius 3 is 2.39 bits per heavy atom. The molecule has 162 valence electrons. The molecule has 0 fully saturated rings. The van der Waals surface area contributed by atoms with Crippen LogP contribution in [0.5, 0.6) is 0 Å². The third-order valence-corrected chi connectivity index (χ3v) is 7.93. The minimum atomic E-state index is -3.66. The zero-order chi connectivity index (χ0) is 21.0. The van der Waals surface area contributed by atoms with Gasteiger partial charge in [0.15, 0.2) is 0 Å². The van der Waals surface area contributed by atoms with E-state index < -0.39 is 24.5 Å². The van der Waals surface area contributed by atoms with Gasteiger partial charge in [-0.1, -0.05) is 13.3 Å². The first-order valence-electron chi connectivity index (χ1n) is 9.70. The van der Waals surface area contributed by atoms with Crippen LogP contribution >= 0.6 is 19.4 Å². The number of unbranched alkanes of at least 4 members (excludes halogenated alkanes) is 1. The van der Waals surface area contributed by atoms with Gasteiger partial charge in [0.1, 0.15) is 23.3 Å². The lowest BCUT2D eigenvalue weighted by Gasteiger charge is -2.30. The minimum absolute atomic E-state index is 0.200. The number of rotatable bonds is 15. The van der Waals surface area contributed by atoms with E-state index in [4.69, 9.17) is 22.9 Å². The number of hydrogen-bond donors (Lipinski definition) is 0. The molecule has 0 saturated heterocycles. The van der Waals surface area contributed by atoms with Gasteiger partial charge < -0.3 is 22.9 Å². The monoisotopic (exact) mass is 436 g/mol. The predicted molar refractivity (Wildman–Crippen MR) is 111 cm³/mol. The maximum absolute atomic E-state index is 13.7. The van der Waals surface area contributed by atoms with E-state index in [1.807, 2.05) is 0 Å². The Hall–Kier alpha value is -0.790. The number of methoxy groups -OCH3 is 1. The van der Waals surface area contributed by atoms with E-state index in [9.17, 15) is 9.36 Å². The summed E-state index contributed by atoms with van der Waals surface area (Å²) in [5.74, 6) is 0.878. The van der Waals surface area contributed by atoms with E-state index >= 15 is 0 Å². The molecule has 0 N–H and O–H groups in total. The maximum atomic E-state index is 13.7. The molecule has 1 rings (SSSR count). The molecule has 0 aliphatic carbocycles. The number of thioether (sulfide) groups is 1. The van der Waals surface area contributed by atoms with Gasteiger partial charge in [0.05, 0.1) is 26.1 Å². The number of esters is 1. The minimum Gasteiger partial charge on any atom is -0.467 e. The van der Waals surface area contributed by atoms with Crippen molar-refractivity contribution < 1.29 is 32.3 Å². The van der Waals surface area contributed by atoms with Crippen molar-refractivity contribution in [3.05, 3.63) is 23.7 Å². The van der Waals surface area contributed by atoms with Crippen molar-refractivity contribution in [1.29, 1.82) is 0 Å². The van der Waals surface area contributed by atoms with Gasteiger partial charge in [0, 0.05) is 12.7 Å². The summed E-state index contributed by atoms with van der Waals surface area (Å²) < 4.78 is 40.9. The molecule has 1 aromatic heterocycles. The van der Waals surface area contributed by atoms with Crippen LogP contribution in [-0.4, -0.2) is 43.9 Å². The number of carbonyl (C=O) groups excluding carboxylic acids is 1. The lowest BCUT2D eigenvalue weighted by molar-refractivity contribution is -0.142. The molecule has 0 saturated carbocycles. The second-order valence-electron chi connectivity index (χ2n) is 6.00. The Bertz CT molecular complexity index is 609. The first-order chi connectivity index (χ1) is 13.5. The fourth-order valence-electron chi connectivity index (χ4n) is 2.72. The summed E-state index contributed by atoms with van der Waals surface area (Å²) >= 11 is 1.42. The Kier molecular flexibility index (Phi) is 12.1. The van der Waals surface area contributed by atoms with Crippen molar-refractivity contribution in [2.75, 3.05) is 32.7 Å². The average Bonchev–Trinajstić information content (AvgIpc) is 3.09. The highest BCUT2D eigenvalue weighted by atomic mass is 32.2. The average molecular weight is 437 g/mol. The number of ether oxygens (including phenoxy) is 2. The van der Waals surface area contributed by atoms with E-state index in [1.165, 1.54) is 18.0 Å². The Labute approximate surface area is 172 Å². The van der Waals surface area contributed by atoms with E-state index in [-0.39, 0.29) is 26.4 Å². The zero-order valence-corrected chi connectivity index (χ0v) is 19.2. The molecule has 0 aliphatic rings. The third kappa shape index (κ3) is 7.23. The van der Waals surface area contributed by atoms with Crippen LogP contribution in [0.4, 0.5) is 0 Å². The Morgan fingerprint density at radius 1 is 1.18 bits per heavy atom. The van der Waals surface area contributed by atoms with Gasteiger partial charge >= 0.3 is 13.6 Å². The molecule has 1 heterocycles. The van der Waals surface area contributed by atoms with Crippen LogP contribution in [0.25, 0.3) is 0 Å². The molecule has 0 aromatic carbocycles. The van der Waals surface area contributed by atoms with Gasteiger partial charge in [-0.2, -0.15) is 0 Å². The Balaban J connectivity index is 3.40. The van der Waals surface area contributed by atoms with Crippen molar-refractivity contribution in [1.82, 2.24) is 0 Å². The zero-order valence-electron chi connectivity index (χ0n) is 17.5. The summed E-state index contributed by atoms with van der Waals surface area (Å²) in [6.07, 6.45) is 3.42. The molecule has 0 radical (unpaired) electrons. The smallest absolute Gasteiger partial charge is 0.339 e. The number of carbonyl (C=O) groups is 1. The van der Waals surface area contributed by atoms with Gasteiger partial charge in [0.2, 0.25) is 0 Å². The van der Waals surface area contributed by atoms with E-state index in [0.29, 0.717) is 11.3 Å². The summed E-state index contributed by atoms with van der Waals surface area (Å²) in [5.41, 5.74) is -0.248. The van der Waals surface area contributed by atoms with Gasteiger partial charge in [-0.25, -0.2) is 0 Å². The topological polar surface area (TPSA) is 84.2 Å². The highest BCUT2D eigenvalue weighted by Crippen LogP contribution is 2.64. The lowest BCUT2D eigenvalue weighted by Crippen LogP contribution is -2.29. The molecule has 0 aliphatic heterocycles. The molecule has 0 amide bonds. The van der Waals surface area contributed by atoms with Crippen LogP contribution < -0.4 is 0 Å². The molecule has 1 aromatic rings. The molecule has 9 heteroatoms. The summed E-state index contributed by atoms with van der Waals surface area (Å²) in [6.45, 7) is 8.24. The van der Waals surface area contributed by atoms with Gasteiger partial charge in [-0.3, -0.25) is 9.36 Å². The van der Waals surface area contributed by atoms with E-state index in [2.05, 4.69) is 6.92 Å². The quantitative estimate of drug-likeness (QED) is 0.211. The van der Waals surface area contributed by atoms with Crippen molar-refractivity contribution in [3.63, 3.8) is 0 Å². The van der Waals surface area contributed by atoms with Crippen LogP contribution in [0, 0.1) is 0 Å². The molecular weight excluding hydrogens is 403 g/mol. The van der Waals surface area contributed by atoms with Crippen molar-refractivity contribution >= 4 is 25.3 Å². The van der Waals surface area contributed by atoms with Crippen LogP contribution in [0.2, 0.25) is 0 Å². The highest BCUT2D eigenvalue weighted by Gasteiger charge is 2.47. The SMILES string of the molecule is CCCCSC(C(=O)OCC)C(c1coc(COC)c1)P(=O)(OCC)OCC. The summed E-state index contributed by atoms with van der Waals surface area (Å²) in [7, 11) is -2.10. The fraction of sp³-hybridized carbons (Fsp3) is 0.737. The number of furan rings is 1. The maximum Gasteiger partial charge on any atom is 0.339 e. The van der Waals surface area contributed by atoms with Crippen LogP contribution in [-0.2, 0) is 34.5 Å². The van der Waals surface area contributed by atoms with Crippen molar-refractivity contribution in [3.8, 4) is 0 Å². The summed E-state index contributed by atoms with van der Waals surface area (Å²) in [4.78, 5) is 12.8. The standard InChI is InChI=1S/C19H33O7PS/c1-6-10-11-28-18(19(20)23-7-2)17(27(21,25-8-3)26-9-4)15-12-16(14-22-5)24-13-15/h12-13,17-18H,6-11,14H2,1-5H3. The van der Waals surface area contributed by atoms with Gasteiger partial charge in [-0.05, 0) is 39.0 Å². The molecule has 0 spiro atoms. The molecular formula is C19H33O7PS. The number of hydrogen-bond acceptors (Lipinski definition) is 8. The highest BCUT2D eigenvalue weighted by molar-refractivity contribution is 8.00. The molecule has 2 unspecified atom stereocenters. The third-order valence-electron chi connectivity index (χ3n) is 3.86. The van der Waals surface area contributed by atoms with Gasteiger partial charge in [0.25, 0.3) is 0 Å². The summed E-state index contributed by atoms with van der Waals surface area (Å²) in [5, 5.41) is -0.733. The second-order valence-corrected chi connectivity index (χ2v) is 9.40. The predicted octanol–water partition coefficient (Wildman–Crippen LogP) is 5.20. The van der Waals surface area contributed by atoms with Gasteiger partial charge in [-0.15, -0.1) is 11.8 Å². The largest absolute Gasteiger partial charge is 0.467 e. The Morgan fingerprint density at radius 2 is 1.86 bits per heavy atom. The molecule has 0 bridgehead atoms. The molecule has 7 nitrogen and oxygen atoms in total. The van der Waals surface area contributed by atoms with Crippen LogP contribution in [0.3, 0.4) is 0 Å². The molecule has 28 heavy (non-hydrogen) atoms. The van der Waals surface area contributed by atoms with Crippen molar-refractivity contribution in [2.24, 2.45) is 0 Å². The van der Waals surface area contributed by atoms with E-state index in [0.717, 1.165) is 18.6 Å². The van der Waals surface area contributed by atoms with Crippen LogP contribution in [0.15, 0.2) is 16.7 Å². The molecule has 2 atom stereocenters. The fourth-order valence-corrected chi connectivity index (χ4v) is 6.75. The lowest BCUT2D eigenvalue weighted by atomic mass is 10.1. The van der Waals surface area contributed by atoms with Crippen molar-refractivity contribution in [2.45, 2.75) is 58.1 Å². The van der Waals surface area contributed by atoms with E-state index in [1.54, 1.807) is 33.9 Å². The normalized spacial score (nSPS) is 14.0. The second kappa shape index (κ2) is 13.4. The van der Waals surface area contributed by atoms with Crippen LogP contribution in [0.1, 0.15) is 57.5 Å². The summed E-state index contributed by atoms with van der Waals surface area (Å²) in [6, 6.07) is 1.74. The first-order valence-corrected chi connectivity index (χ1v) is 12.4. The first kappa shape index (κ1) is 25.2.